The minimum absolute atomic E-state index is 0.0835. The number of aromatic nitrogens is 1. The molecule has 0 radical (unpaired) electrons. The van der Waals surface area contributed by atoms with Crippen molar-refractivity contribution in [2.45, 2.75) is 57.6 Å². The topological polar surface area (TPSA) is 133 Å². The molecule has 57 heavy (non-hydrogen) atoms. The number of halogens is 3. The Hall–Kier alpha value is -5.25. The molecule has 4 aliphatic heterocycles. The van der Waals surface area contributed by atoms with Crippen LogP contribution < -0.4 is 20.7 Å². The number of piperidine rings is 2. The number of alkyl halides is 3. The fraction of sp³-hybridized carbons (Fsp3) is 0.429. The maximum atomic E-state index is 13.3. The summed E-state index contributed by atoms with van der Waals surface area (Å²) >= 11 is 0. The van der Waals surface area contributed by atoms with Crippen LogP contribution in [0.4, 0.5) is 18.9 Å². The van der Waals surface area contributed by atoms with E-state index in [2.05, 4.69) is 53.7 Å². The van der Waals surface area contributed by atoms with Gasteiger partial charge in [0, 0.05) is 80.6 Å². The van der Waals surface area contributed by atoms with Crippen LogP contribution in [-0.4, -0.2) is 108 Å². The van der Waals surface area contributed by atoms with Crippen molar-refractivity contribution < 1.29 is 37.1 Å². The van der Waals surface area contributed by atoms with Crippen molar-refractivity contribution in [3.8, 4) is 16.9 Å². The lowest BCUT2D eigenvalue weighted by molar-refractivity contribution is -0.274. The molecule has 15 heteroatoms. The highest BCUT2D eigenvalue weighted by Crippen LogP contribution is 2.35. The highest BCUT2D eigenvalue weighted by molar-refractivity contribution is 6.23. The molecule has 0 spiro atoms. The molecular weight excluding hydrogens is 739 g/mol. The molecule has 3 fully saturated rings. The van der Waals surface area contributed by atoms with Crippen molar-refractivity contribution in [2.75, 3.05) is 57.3 Å². The van der Waals surface area contributed by atoms with E-state index in [4.69, 9.17) is 5.73 Å². The second kappa shape index (κ2) is 15.9. The number of carbonyl (C=O) groups is 4. The number of imide groups is 2. The Morgan fingerprint density at radius 2 is 1.53 bits per heavy atom. The smallest absolute Gasteiger partial charge is 0.406 e. The highest BCUT2D eigenvalue weighted by Gasteiger charge is 2.45. The van der Waals surface area contributed by atoms with Crippen LogP contribution in [0.25, 0.3) is 22.0 Å². The van der Waals surface area contributed by atoms with E-state index < -0.39 is 36.0 Å². The van der Waals surface area contributed by atoms with Crippen LogP contribution in [0.5, 0.6) is 5.75 Å². The molecule has 0 saturated carbocycles. The number of nitrogens with two attached hydrogens (primary N) is 1. The molecule has 0 bridgehead atoms. The molecule has 12 nitrogen and oxygen atoms in total. The Morgan fingerprint density at radius 1 is 0.789 bits per heavy atom. The Kier molecular flexibility index (Phi) is 10.8. The normalized spacial score (nSPS) is 20.1. The second-order valence-electron chi connectivity index (χ2n) is 15.5. The minimum atomic E-state index is -4.74. The first kappa shape index (κ1) is 38.6. The van der Waals surface area contributed by atoms with Gasteiger partial charge < -0.3 is 19.9 Å². The van der Waals surface area contributed by atoms with E-state index in [0.717, 1.165) is 111 Å². The zero-order valence-electron chi connectivity index (χ0n) is 31.6. The largest absolute Gasteiger partial charge is 0.573 e. The van der Waals surface area contributed by atoms with Crippen molar-refractivity contribution in [3.63, 3.8) is 0 Å². The molecule has 5 heterocycles. The summed E-state index contributed by atoms with van der Waals surface area (Å²) in [6.07, 6.45) is 0.529. The molecule has 4 aliphatic rings. The van der Waals surface area contributed by atoms with Gasteiger partial charge in [0.25, 0.3) is 11.8 Å². The summed E-state index contributed by atoms with van der Waals surface area (Å²) in [7, 11) is 0. The van der Waals surface area contributed by atoms with Crippen molar-refractivity contribution in [2.24, 2.45) is 11.7 Å². The quantitative estimate of drug-likeness (QED) is 0.202. The number of amides is 4. The maximum absolute atomic E-state index is 13.3. The van der Waals surface area contributed by atoms with Crippen LogP contribution in [-0.2, 0) is 22.7 Å². The molecule has 3 N–H and O–H groups in total. The molecule has 300 valence electrons. The average molecular weight is 786 g/mol. The van der Waals surface area contributed by atoms with E-state index in [1.807, 2.05) is 6.07 Å². The van der Waals surface area contributed by atoms with Gasteiger partial charge in [0.15, 0.2) is 0 Å². The number of hydrogen-bond acceptors (Lipinski definition) is 9. The molecular formula is C42H46F3N7O5. The molecule has 3 saturated heterocycles. The summed E-state index contributed by atoms with van der Waals surface area (Å²) in [6.45, 7) is 8.48. The first-order valence-corrected chi connectivity index (χ1v) is 19.7. The van der Waals surface area contributed by atoms with Gasteiger partial charge in [0.2, 0.25) is 11.8 Å². The lowest BCUT2D eigenvalue weighted by Gasteiger charge is -2.39. The number of hydrogen-bond donors (Lipinski definition) is 2. The van der Waals surface area contributed by atoms with E-state index in [1.165, 1.54) is 17.7 Å². The fourth-order valence-corrected chi connectivity index (χ4v) is 8.75. The van der Waals surface area contributed by atoms with Crippen molar-refractivity contribution >= 4 is 40.2 Å². The summed E-state index contributed by atoms with van der Waals surface area (Å²) < 4.78 is 44.5. The van der Waals surface area contributed by atoms with Crippen molar-refractivity contribution in [3.05, 3.63) is 83.6 Å². The highest BCUT2D eigenvalue weighted by atomic mass is 19.4. The van der Waals surface area contributed by atoms with Gasteiger partial charge in [-0.3, -0.25) is 39.2 Å². The molecule has 3 aromatic carbocycles. The maximum Gasteiger partial charge on any atom is 0.573 e. The second-order valence-corrected chi connectivity index (χ2v) is 15.5. The van der Waals surface area contributed by atoms with Gasteiger partial charge in [-0.25, -0.2) is 0 Å². The zero-order valence-corrected chi connectivity index (χ0v) is 31.6. The Morgan fingerprint density at radius 3 is 2.23 bits per heavy atom. The van der Waals surface area contributed by atoms with Gasteiger partial charge in [-0.05, 0) is 105 Å². The Balaban J connectivity index is 0.845. The van der Waals surface area contributed by atoms with Gasteiger partial charge in [0.05, 0.1) is 11.1 Å². The van der Waals surface area contributed by atoms with E-state index in [-0.39, 0.29) is 24.2 Å². The summed E-state index contributed by atoms with van der Waals surface area (Å²) in [5.41, 5.74) is 11.3. The molecule has 1 unspecified atom stereocenters. The van der Waals surface area contributed by atoms with Crippen molar-refractivity contribution in [1.29, 1.82) is 0 Å². The van der Waals surface area contributed by atoms with E-state index in [0.29, 0.717) is 18.0 Å². The first-order chi connectivity index (χ1) is 27.4. The van der Waals surface area contributed by atoms with Gasteiger partial charge in [-0.2, -0.15) is 0 Å². The van der Waals surface area contributed by atoms with Crippen LogP contribution in [0.1, 0.15) is 58.4 Å². The number of fused-ring (bicyclic) bond motifs is 2. The third-order valence-electron chi connectivity index (χ3n) is 11.7. The number of ether oxygens (including phenoxy) is 1. The standard InChI is InChI=1S/C42H46F3N7O5/c43-42(44,45)57-31-6-3-29(4-7-31)35-26-51(15-1-14-46)36-9-2-28(22-33(35)36)25-48-16-12-27(13-17-48)24-49-18-20-50(21-19-49)30-5-8-32-34(23-30)41(56)52(40(32)55)37-10-11-38(53)47-39(37)54/h2-9,22-23,26-27,37H,1,10-21,24-25,46H2,(H,47,53,54). The van der Waals surface area contributed by atoms with E-state index in [1.54, 1.807) is 24.3 Å². The molecule has 4 amide bonds. The predicted octanol–water partition coefficient (Wildman–Crippen LogP) is 4.99. The fourth-order valence-electron chi connectivity index (χ4n) is 8.75. The minimum Gasteiger partial charge on any atom is -0.406 e. The lowest BCUT2D eigenvalue weighted by atomic mass is 9.95. The molecule has 4 aromatic rings. The van der Waals surface area contributed by atoms with Crippen LogP contribution in [0.3, 0.4) is 0 Å². The monoisotopic (exact) mass is 785 g/mol. The number of piperazine rings is 1. The number of aryl methyl sites for hydroxylation is 1. The molecule has 0 aliphatic carbocycles. The third kappa shape index (κ3) is 8.27. The molecule has 1 aromatic heterocycles. The van der Waals surface area contributed by atoms with Gasteiger partial charge in [-0.15, -0.1) is 13.2 Å². The number of anilines is 1. The first-order valence-electron chi connectivity index (χ1n) is 19.7. The zero-order chi connectivity index (χ0) is 39.8. The van der Waals surface area contributed by atoms with Gasteiger partial charge in [-0.1, -0.05) is 18.2 Å². The number of nitrogens with zero attached hydrogens (tertiary/aromatic N) is 5. The van der Waals surface area contributed by atoms with E-state index >= 15 is 0 Å². The van der Waals surface area contributed by atoms with Gasteiger partial charge in [0.1, 0.15) is 11.8 Å². The molecule has 8 rings (SSSR count). The summed E-state index contributed by atoms with van der Waals surface area (Å²) in [6, 6.07) is 16.9. The van der Waals surface area contributed by atoms with Crippen LogP contribution >= 0.6 is 0 Å². The summed E-state index contributed by atoms with van der Waals surface area (Å²) in [5, 5.41) is 3.29. The summed E-state index contributed by atoms with van der Waals surface area (Å²) in [4.78, 5) is 58.8. The number of benzene rings is 3. The number of rotatable bonds is 11. The predicted molar refractivity (Wildman–Crippen MR) is 207 cm³/mol. The average Bonchev–Trinajstić information content (AvgIpc) is 3.67. The lowest BCUT2D eigenvalue weighted by Crippen LogP contribution is -2.54. The van der Waals surface area contributed by atoms with Crippen molar-refractivity contribution in [1.82, 2.24) is 24.6 Å². The number of nitrogens with one attached hydrogen (secondary N) is 1. The molecule has 1 atom stereocenters. The van der Waals surface area contributed by atoms with Crippen LogP contribution in [0.2, 0.25) is 0 Å². The summed E-state index contributed by atoms with van der Waals surface area (Å²) in [5.74, 6) is -1.67. The number of carbonyl (C=O) groups excluding carboxylic acids is 4. The van der Waals surface area contributed by atoms with E-state index in [9.17, 15) is 32.3 Å². The Bertz CT molecular complexity index is 2170. The van der Waals surface area contributed by atoms with Crippen LogP contribution in [0, 0.1) is 5.92 Å². The third-order valence-corrected chi connectivity index (χ3v) is 11.7. The number of likely N-dealkylation sites (tertiary alicyclic amines) is 1. The SMILES string of the molecule is NCCCn1cc(-c2ccc(OC(F)(F)F)cc2)c2cc(CN3CCC(CN4CCN(c5ccc6c(c5)C(=O)N(C5CCC(=O)NC5=O)C6=O)CC4)CC3)ccc21. The van der Waals surface area contributed by atoms with Gasteiger partial charge >= 0.3 is 6.36 Å². The van der Waals surface area contributed by atoms with Crippen LogP contribution in [0.15, 0.2) is 66.9 Å². The Labute approximate surface area is 328 Å².